The zero-order valence-electron chi connectivity index (χ0n) is 13.0. The van der Waals surface area contributed by atoms with Gasteiger partial charge in [-0.15, -0.1) is 11.3 Å². The molecule has 0 aromatic carbocycles. The van der Waals surface area contributed by atoms with Gasteiger partial charge in [-0.05, 0) is 55.8 Å². The van der Waals surface area contributed by atoms with Crippen LogP contribution in [0.15, 0.2) is 11.4 Å². The van der Waals surface area contributed by atoms with Crippen LogP contribution in [0.4, 0.5) is 0 Å². The minimum atomic E-state index is 0.305. The van der Waals surface area contributed by atoms with Crippen LogP contribution >= 0.6 is 11.3 Å². The van der Waals surface area contributed by atoms with Crippen molar-refractivity contribution in [3.8, 4) is 0 Å². The SMILES string of the molecule is CCC1c2ccsc2CCN1C(=O)CN1CCCCCC1. The second-order valence-corrected chi connectivity index (χ2v) is 7.25. The van der Waals surface area contributed by atoms with Crippen LogP contribution in [0.2, 0.25) is 0 Å². The number of likely N-dealkylation sites (tertiary alicyclic amines) is 1. The minimum Gasteiger partial charge on any atom is -0.334 e. The van der Waals surface area contributed by atoms with Crippen molar-refractivity contribution in [2.75, 3.05) is 26.2 Å². The quantitative estimate of drug-likeness (QED) is 0.854. The fraction of sp³-hybridized carbons (Fsp3) is 0.706. The summed E-state index contributed by atoms with van der Waals surface area (Å²) in [4.78, 5) is 18.8. The maximum absolute atomic E-state index is 12.8. The van der Waals surface area contributed by atoms with E-state index in [2.05, 4.69) is 28.2 Å². The third kappa shape index (κ3) is 3.32. The van der Waals surface area contributed by atoms with Crippen molar-refractivity contribution in [3.63, 3.8) is 0 Å². The summed E-state index contributed by atoms with van der Waals surface area (Å²) in [5.41, 5.74) is 1.40. The molecule has 2 aliphatic rings. The van der Waals surface area contributed by atoms with Crippen molar-refractivity contribution in [2.45, 2.75) is 51.5 Å². The number of nitrogens with zero attached hydrogens (tertiary/aromatic N) is 2. The van der Waals surface area contributed by atoms with Crippen LogP contribution in [0.3, 0.4) is 0 Å². The van der Waals surface area contributed by atoms with E-state index in [9.17, 15) is 4.79 Å². The molecule has 2 aliphatic heterocycles. The van der Waals surface area contributed by atoms with E-state index in [0.717, 1.165) is 32.5 Å². The normalized spacial score (nSPS) is 23.7. The lowest BCUT2D eigenvalue weighted by Crippen LogP contribution is -2.45. The standard InChI is InChI=1S/C17H26N2OS/c1-2-15-14-8-12-21-16(14)7-11-19(15)17(20)13-18-9-5-3-4-6-10-18/h8,12,15H,2-7,9-11,13H2,1H3. The highest BCUT2D eigenvalue weighted by atomic mass is 32.1. The van der Waals surface area contributed by atoms with Crippen LogP contribution in [0.5, 0.6) is 0 Å². The molecule has 1 saturated heterocycles. The second-order valence-electron chi connectivity index (χ2n) is 6.25. The largest absolute Gasteiger partial charge is 0.334 e. The van der Waals surface area contributed by atoms with Crippen molar-refractivity contribution in [1.82, 2.24) is 9.80 Å². The monoisotopic (exact) mass is 306 g/mol. The van der Waals surface area contributed by atoms with E-state index in [1.807, 2.05) is 11.3 Å². The minimum absolute atomic E-state index is 0.305. The van der Waals surface area contributed by atoms with E-state index in [1.54, 1.807) is 0 Å². The Morgan fingerprint density at radius 3 is 2.71 bits per heavy atom. The van der Waals surface area contributed by atoms with Crippen LogP contribution in [0.1, 0.15) is 55.5 Å². The number of amides is 1. The van der Waals surface area contributed by atoms with Crippen LogP contribution in [-0.2, 0) is 11.2 Å². The lowest BCUT2D eigenvalue weighted by molar-refractivity contribution is -0.135. The van der Waals surface area contributed by atoms with Gasteiger partial charge < -0.3 is 4.90 Å². The summed E-state index contributed by atoms with van der Waals surface area (Å²) in [6.07, 6.45) is 7.21. The summed E-state index contributed by atoms with van der Waals surface area (Å²) in [6.45, 7) is 5.92. The van der Waals surface area contributed by atoms with Gasteiger partial charge in [-0.25, -0.2) is 0 Å². The molecule has 1 aromatic heterocycles. The predicted molar refractivity (Wildman–Crippen MR) is 87.7 cm³/mol. The fourth-order valence-corrected chi connectivity index (χ4v) is 4.64. The highest BCUT2D eigenvalue weighted by Crippen LogP contribution is 2.35. The third-order valence-corrected chi connectivity index (χ3v) is 5.86. The number of thiophene rings is 1. The highest BCUT2D eigenvalue weighted by Gasteiger charge is 2.30. The third-order valence-electron chi connectivity index (χ3n) is 4.86. The molecular weight excluding hydrogens is 280 g/mol. The molecule has 3 nitrogen and oxygen atoms in total. The molecule has 0 aliphatic carbocycles. The maximum Gasteiger partial charge on any atom is 0.237 e. The zero-order chi connectivity index (χ0) is 14.7. The molecule has 1 unspecified atom stereocenters. The molecule has 3 heterocycles. The second kappa shape index (κ2) is 6.93. The molecule has 116 valence electrons. The number of carbonyl (C=O) groups is 1. The molecule has 0 bridgehead atoms. The summed E-state index contributed by atoms with van der Waals surface area (Å²) >= 11 is 1.85. The predicted octanol–water partition coefficient (Wildman–Crippen LogP) is 3.46. The van der Waals surface area contributed by atoms with E-state index in [4.69, 9.17) is 0 Å². The molecule has 1 aromatic rings. The van der Waals surface area contributed by atoms with Crippen molar-refractivity contribution in [1.29, 1.82) is 0 Å². The van der Waals surface area contributed by atoms with Gasteiger partial charge in [0, 0.05) is 11.4 Å². The molecule has 0 radical (unpaired) electrons. The molecular formula is C17H26N2OS. The Bertz CT molecular complexity index is 477. The first kappa shape index (κ1) is 15.0. The average Bonchev–Trinajstić information content (AvgIpc) is 2.83. The number of fused-ring (bicyclic) bond motifs is 1. The van der Waals surface area contributed by atoms with Crippen molar-refractivity contribution in [2.24, 2.45) is 0 Å². The highest BCUT2D eigenvalue weighted by molar-refractivity contribution is 7.10. The topological polar surface area (TPSA) is 23.6 Å². The van der Waals surface area contributed by atoms with Crippen molar-refractivity contribution in [3.05, 3.63) is 21.9 Å². The lowest BCUT2D eigenvalue weighted by Gasteiger charge is -2.36. The van der Waals surface area contributed by atoms with Gasteiger partial charge in [0.1, 0.15) is 0 Å². The van der Waals surface area contributed by atoms with Gasteiger partial charge >= 0.3 is 0 Å². The van der Waals surface area contributed by atoms with E-state index in [1.165, 1.54) is 36.1 Å². The number of hydrogen-bond acceptors (Lipinski definition) is 3. The first-order valence-corrected chi connectivity index (χ1v) is 9.25. The van der Waals surface area contributed by atoms with Crippen LogP contribution in [0, 0.1) is 0 Å². The van der Waals surface area contributed by atoms with Crippen molar-refractivity contribution >= 4 is 17.2 Å². The van der Waals surface area contributed by atoms with E-state index in [0.29, 0.717) is 18.5 Å². The molecule has 0 spiro atoms. The number of rotatable bonds is 3. The molecule has 1 fully saturated rings. The van der Waals surface area contributed by atoms with Crippen LogP contribution < -0.4 is 0 Å². The van der Waals surface area contributed by atoms with Crippen LogP contribution in [-0.4, -0.2) is 41.9 Å². The Balaban J connectivity index is 1.66. The van der Waals surface area contributed by atoms with E-state index in [-0.39, 0.29) is 0 Å². The smallest absolute Gasteiger partial charge is 0.237 e. The summed E-state index contributed by atoms with van der Waals surface area (Å²) in [5, 5.41) is 2.18. The first-order chi connectivity index (χ1) is 10.3. The number of hydrogen-bond donors (Lipinski definition) is 0. The maximum atomic E-state index is 12.8. The van der Waals surface area contributed by atoms with Gasteiger partial charge in [0.2, 0.25) is 5.91 Å². The van der Waals surface area contributed by atoms with E-state index < -0.39 is 0 Å². The van der Waals surface area contributed by atoms with Gasteiger partial charge in [0.25, 0.3) is 0 Å². The average molecular weight is 306 g/mol. The van der Waals surface area contributed by atoms with Gasteiger partial charge in [-0.2, -0.15) is 0 Å². The Morgan fingerprint density at radius 2 is 2.00 bits per heavy atom. The summed E-state index contributed by atoms with van der Waals surface area (Å²) in [7, 11) is 0. The Morgan fingerprint density at radius 1 is 1.24 bits per heavy atom. The lowest BCUT2D eigenvalue weighted by atomic mass is 9.97. The molecule has 0 saturated carbocycles. The van der Waals surface area contributed by atoms with Gasteiger partial charge in [-0.3, -0.25) is 9.69 Å². The Kier molecular flexibility index (Phi) is 4.96. The molecule has 1 amide bonds. The summed E-state index contributed by atoms with van der Waals surface area (Å²) in [5.74, 6) is 0.334. The fourth-order valence-electron chi connectivity index (χ4n) is 3.71. The summed E-state index contributed by atoms with van der Waals surface area (Å²) < 4.78 is 0. The van der Waals surface area contributed by atoms with Crippen LogP contribution in [0.25, 0.3) is 0 Å². The molecule has 4 heteroatoms. The van der Waals surface area contributed by atoms with Gasteiger partial charge in [-0.1, -0.05) is 19.8 Å². The molecule has 1 atom stereocenters. The van der Waals surface area contributed by atoms with Gasteiger partial charge in [0.15, 0.2) is 0 Å². The zero-order valence-corrected chi connectivity index (χ0v) is 13.8. The Hall–Kier alpha value is -0.870. The van der Waals surface area contributed by atoms with Crippen molar-refractivity contribution < 1.29 is 4.79 Å². The molecule has 3 rings (SSSR count). The van der Waals surface area contributed by atoms with Gasteiger partial charge in [0.05, 0.1) is 12.6 Å². The molecule has 0 N–H and O–H groups in total. The summed E-state index contributed by atoms with van der Waals surface area (Å²) in [6, 6.07) is 2.53. The Labute approximate surface area is 131 Å². The molecule has 21 heavy (non-hydrogen) atoms. The number of carbonyl (C=O) groups excluding carboxylic acids is 1. The first-order valence-electron chi connectivity index (χ1n) is 8.37. The van der Waals surface area contributed by atoms with E-state index >= 15 is 0 Å².